The second-order valence-electron chi connectivity index (χ2n) is 4.99. The zero-order chi connectivity index (χ0) is 10.3. The van der Waals surface area contributed by atoms with Gasteiger partial charge in [-0.1, -0.05) is 6.42 Å². The molecule has 0 bridgehead atoms. The molecule has 84 valence electrons. The van der Waals surface area contributed by atoms with Crippen LogP contribution in [0.3, 0.4) is 0 Å². The smallest absolute Gasteiger partial charge is 0.0784 e. The lowest BCUT2D eigenvalue weighted by Crippen LogP contribution is -2.48. The molecular weight excluding hydrogens is 190 g/mol. The highest BCUT2D eigenvalue weighted by atomic mass is 32.1. The summed E-state index contributed by atoms with van der Waals surface area (Å²) < 4.78 is 1.35. The molecule has 1 aliphatic rings. The average Bonchev–Trinajstić information content (AvgIpc) is 2.18. The van der Waals surface area contributed by atoms with Gasteiger partial charge in [0.05, 0.1) is 26.7 Å². The molecule has 14 heavy (non-hydrogen) atoms. The Balaban J connectivity index is 2.03. The van der Waals surface area contributed by atoms with Gasteiger partial charge in [0, 0.05) is 0 Å². The lowest BCUT2D eigenvalue weighted by molar-refractivity contribution is -0.914. The van der Waals surface area contributed by atoms with Crippen molar-refractivity contribution in [2.75, 3.05) is 32.4 Å². The third-order valence-electron chi connectivity index (χ3n) is 3.50. The molecule has 0 N–H and O–H groups in total. The van der Waals surface area contributed by atoms with Gasteiger partial charge >= 0.3 is 0 Å². The van der Waals surface area contributed by atoms with Crippen LogP contribution in [0.25, 0.3) is 0 Å². The number of rotatable bonds is 6. The predicted octanol–water partition coefficient (Wildman–Crippen LogP) is 3.11. The summed E-state index contributed by atoms with van der Waals surface area (Å²) in [7, 11) is 2.44. The standard InChI is InChI=1S/C12H25NS/c1-13(10-6-4-7-11-13)9-5-2-3-8-12-14/h2-12H2,1H3/p+1. The molecule has 0 aromatic rings. The zero-order valence-electron chi connectivity index (χ0n) is 9.67. The molecule has 0 saturated carbocycles. The topological polar surface area (TPSA) is 0 Å². The Morgan fingerprint density at radius 3 is 2.21 bits per heavy atom. The Kier molecular flexibility index (Phi) is 5.95. The average molecular weight is 216 g/mol. The maximum atomic E-state index is 4.24. The fourth-order valence-corrected chi connectivity index (χ4v) is 2.68. The predicted molar refractivity (Wildman–Crippen MR) is 67.0 cm³/mol. The van der Waals surface area contributed by atoms with Crippen molar-refractivity contribution >= 4 is 12.6 Å². The maximum Gasteiger partial charge on any atom is 0.0784 e. The van der Waals surface area contributed by atoms with Crippen molar-refractivity contribution in [3.05, 3.63) is 0 Å². The van der Waals surface area contributed by atoms with Crippen molar-refractivity contribution in [3.8, 4) is 0 Å². The minimum atomic E-state index is 1.06. The number of hydrogen-bond donors (Lipinski definition) is 1. The Hall–Kier alpha value is 0.310. The minimum Gasteiger partial charge on any atom is -0.326 e. The molecule has 0 aromatic heterocycles. The van der Waals surface area contributed by atoms with Gasteiger partial charge in [-0.2, -0.15) is 12.6 Å². The van der Waals surface area contributed by atoms with Gasteiger partial charge in [-0.3, -0.25) is 0 Å². The molecule has 0 aromatic carbocycles. The number of piperidine rings is 1. The molecule has 1 nitrogen and oxygen atoms in total. The van der Waals surface area contributed by atoms with E-state index < -0.39 is 0 Å². The van der Waals surface area contributed by atoms with Crippen LogP contribution in [-0.4, -0.2) is 36.9 Å². The van der Waals surface area contributed by atoms with E-state index >= 15 is 0 Å². The summed E-state index contributed by atoms with van der Waals surface area (Å²) in [6.07, 6.45) is 9.88. The van der Waals surface area contributed by atoms with Gasteiger partial charge in [0.25, 0.3) is 0 Å². The van der Waals surface area contributed by atoms with Crippen LogP contribution in [0.15, 0.2) is 0 Å². The van der Waals surface area contributed by atoms with E-state index in [0.717, 1.165) is 5.75 Å². The molecule has 1 heterocycles. The van der Waals surface area contributed by atoms with E-state index in [9.17, 15) is 0 Å². The second-order valence-corrected chi connectivity index (χ2v) is 5.44. The van der Waals surface area contributed by atoms with Crippen LogP contribution in [0, 0.1) is 0 Å². The van der Waals surface area contributed by atoms with Crippen LogP contribution in [-0.2, 0) is 0 Å². The van der Waals surface area contributed by atoms with E-state index in [2.05, 4.69) is 19.7 Å². The van der Waals surface area contributed by atoms with Crippen molar-refractivity contribution in [3.63, 3.8) is 0 Å². The Bertz CT molecular complexity index is 141. The fraction of sp³-hybridized carbons (Fsp3) is 1.00. The third-order valence-corrected chi connectivity index (χ3v) is 3.82. The first-order chi connectivity index (χ1) is 6.77. The van der Waals surface area contributed by atoms with Gasteiger partial charge in [-0.05, 0) is 44.3 Å². The van der Waals surface area contributed by atoms with E-state index in [0.29, 0.717) is 0 Å². The van der Waals surface area contributed by atoms with Crippen LogP contribution >= 0.6 is 12.6 Å². The molecule has 0 radical (unpaired) electrons. The third kappa shape index (κ3) is 4.70. The number of nitrogens with zero attached hydrogens (tertiary/aromatic N) is 1. The Morgan fingerprint density at radius 2 is 1.57 bits per heavy atom. The van der Waals surface area contributed by atoms with E-state index in [4.69, 9.17) is 0 Å². The number of hydrogen-bond acceptors (Lipinski definition) is 1. The van der Waals surface area contributed by atoms with Crippen LogP contribution in [0.4, 0.5) is 0 Å². The quantitative estimate of drug-likeness (QED) is 0.394. The molecule has 2 heteroatoms. The van der Waals surface area contributed by atoms with E-state index in [1.807, 2.05) is 0 Å². The van der Waals surface area contributed by atoms with Crippen molar-refractivity contribution in [2.24, 2.45) is 0 Å². The van der Waals surface area contributed by atoms with Gasteiger partial charge in [0.1, 0.15) is 0 Å². The Labute approximate surface area is 94.9 Å². The summed E-state index contributed by atoms with van der Waals surface area (Å²) in [5, 5.41) is 0. The number of unbranched alkanes of at least 4 members (excludes halogenated alkanes) is 3. The fourth-order valence-electron chi connectivity index (χ4n) is 2.46. The molecule has 1 rings (SSSR count). The first-order valence-corrected chi connectivity index (χ1v) is 6.84. The number of thiol groups is 1. The Morgan fingerprint density at radius 1 is 0.929 bits per heavy atom. The summed E-state index contributed by atoms with van der Waals surface area (Å²) in [4.78, 5) is 0. The molecule has 0 spiro atoms. The van der Waals surface area contributed by atoms with Crippen LogP contribution < -0.4 is 0 Å². The van der Waals surface area contributed by atoms with E-state index in [1.165, 1.54) is 69.1 Å². The van der Waals surface area contributed by atoms with Gasteiger partial charge in [0.15, 0.2) is 0 Å². The normalized spacial score (nSPS) is 21.0. The first kappa shape index (κ1) is 12.4. The van der Waals surface area contributed by atoms with Gasteiger partial charge in [-0.25, -0.2) is 0 Å². The molecule has 1 saturated heterocycles. The minimum absolute atomic E-state index is 1.06. The zero-order valence-corrected chi connectivity index (χ0v) is 10.6. The molecule has 0 unspecified atom stereocenters. The van der Waals surface area contributed by atoms with Crippen LogP contribution in [0.2, 0.25) is 0 Å². The van der Waals surface area contributed by atoms with Crippen molar-refractivity contribution < 1.29 is 4.48 Å². The summed E-state index contributed by atoms with van der Waals surface area (Å²) in [5.74, 6) is 1.06. The van der Waals surface area contributed by atoms with E-state index in [-0.39, 0.29) is 0 Å². The van der Waals surface area contributed by atoms with Crippen LogP contribution in [0.5, 0.6) is 0 Å². The van der Waals surface area contributed by atoms with Crippen molar-refractivity contribution in [1.29, 1.82) is 0 Å². The second kappa shape index (κ2) is 6.73. The molecular formula is C12H26NS+. The number of quaternary nitrogens is 1. The summed E-state index contributed by atoms with van der Waals surface area (Å²) >= 11 is 4.24. The maximum absolute atomic E-state index is 4.24. The van der Waals surface area contributed by atoms with Crippen molar-refractivity contribution in [1.82, 2.24) is 0 Å². The largest absolute Gasteiger partial charge is 0.326 e. The molecule has 0 atom stereocenters. The summed E-state index contributed by atoms with van der Waals surface area (Å²) in [6.45, 7) is 4.26. The molecule has 0 aliphatic carbocycles. The highest BCUT2D eigenvalue weighted by molar-refractivity contribution is 7.80. The van der Waals surface area contributed by atoms with E-state index in [1.54, 1.807) is 0 Å². The number of likely N-dealkylation sites (tertiary alicyclic amines) is 1. The SMILES string of the molecule is C[N+]1(CCCCCCS)CCCCC1. The van der Waals surface area contributed by atoms with Gasteiger partial charge in [-0.15, -0.1) is 0 Å². The van der Waals surface area contributed by atoms with Gasteiger partial charge < -0.3 is 4.48 Å². The molecule has 1 fully saturated rings. The molecule has 1 aliphatic heterocycles. The monoisotopic (exact) mass is 216 g/mol. The summed E-state index contributed by atoms with van der Waals surface area (Å²) in [6, 6.07) is 0. The molecule has 0 amide bonds. The van der Waals surface area contributed by atoms with Crippen molar-refractivity contribution in [2.45, 2.75) is 44.9 Å². The lowest BCUT2D eigenvalue weighted by Gasteiger charge is -2.37. The highest BCUT2D eigenvalue weighted by Gasteiger charge is 2.23. The first-order valence-electron chi connectivity index (χ1n) is 6.21. The lowest BCUT2D eigenvalue weighted by atomic mass is 10.1. The highest BCUT2D eigenvalue weighted by Crippen LogP contribution is 2.17. The van der Waals surface area contributed by atoms with Gasteiger partial charge in [0.2, 0.25) is 0 Å². The van der Waals surface area contributed by atoms with Crippen LogP contribution in [0.1, 0.15) is 44.9 Å². The summed E-state index contributed by atoms with van der Waals surface area (Å²) in [5.41, 5.74) is 0.